The summed E-state index contributed by atoms with van der Waals surface area (Å²) in [5, 5.41) is 0. The van der Waals surface area contributed by atoms with Crippen molar-refractivity contribution in [1.82, 2.24) is 0 Å². The molecule has 2 fully saturated rings. The summed E-state index contributed by atoms with van der Waals surface area (Å²) in [5.74, 6) is 3.69. The SMILES string of the molecule is COc1cc(C(=O)C2C(c3ccc(N(C)C)cc3)C2(C)C)cc(OC)c1OC.COc1ccc(C2C(C(=O)c3cc(OC)c(OC)c(OC)c3)C2(C)C)cc1N. The molecule has 0 aliphatic heterocycles. The van der Waals surface area contributed by atoms with Gasteiger partial charge in [-0.15, -0.1) is 0 Å². The second kappa shape index (κ2) is 16.3. The summed E-state index contributed by atoms with van der Waals surface area (Å²) >= 11 is 0. The number of anilines is 2. The second-order valence-corrected chi connectivity index (χ2v) is 15.6. The fraction of sp³-hybridized carbons (Fsp3) is 0.422. The van der Waals surface area contributed by atoms with E-state index < -0.39 is 0 Å². The third-order valence-corrected chi connectivity index (χ3v) is 11.5. The number of Topliss-reactive ketones (excluding diaryl/α,β-unsaturated/α-hetero) is 2. The highest BCUT2D eigenvalue weighted by Gasteiger charge is 2.63. The smallest absolute Gasteiger partial charge is 0.203 e. The Morgan fingerprint density at radius 3 is 1.20 bits per heavy atom. The van der Waals surface area contributed by atoms with Crippen LogP contribution in [0.4, 0.5) is 11.4 Å². The van der Waals surface area contributed by atoms with Crippen LogP contribution in [0.15, 0.2) is 66.7 Å². The van der Waals surface area contributed by atoms with Crippen LogP contribution in [0.1, 0.15) is 71.4 Å². The molecule has 2 N–H and O–H groups in total. The Balaban J connectivity index is 0.000000214. The van der Waals surface area contributed by atoms with Crippen LogP contribution in [0.2, 0.25) is 0 Å². The van der Waals surface area contributed by atoms with E-state index in [1.165, 1.54) is 26.9 Å². The summed E-state index contributed by atoms with van der Waals surface area (Å²) in [6.45, 7) is 8.49. The lowest BCUT2D eigenvalue weighted by atomic mass is 10.0. The monoisotopic (exact) mass is 768 g/mol. The van der Waals surface area contributed by atoms with Crippen LogP contribution in [0.25, 0.3) is 0 Å². The minimum atomic E-state index is -0.182. The maximum atomic E-state index is 13.4. The van der Waals surface area contributed by atoms with E-state index in [1.54, 1.807) is 52.7 Å². The molecular formula is C45H56N2O9. The van der Waals surface area contributed by atoms with E-state index in [0.717, 1.165) is 11.3 Å². The van der Waals surface area contributed by atoms with Gasteiger partial charge in [0.05, 0.1) is 55.5 Å². The van der Waals surface area contributed by atoms with Crippen LogP contribution in [0, 0.1) is 22.7 Å². The third kappa shape index (κ3) is 7.63. The standard InChI is InChI=1S/C23H29NO4.C22H27NO5/c1-23(2)19(14-8-10-16(11-9-14)24(3)4)20(23)21(25)15-12-17(26-5)22(28-7)18(13-15)27-6;1-22(2)18(12-7-8-15(25-3)14(23)9-12)19(22)20(24)13-10-16(26-4)21(28-6)17(11-13)27-5/h8-13,19-20H,1-7H3;7-11,18-19H,23H2,1-6H3. The molecule has 2 aliphatic carbocycles. The van der Waals surface area contributed by atoms with Crippen molar-refractivity contribution >= 4 is 22.9 Å². The van der Waals surface area contributed by atoms with Crippen LogP contribution < -0.4 is 43.8 Å². The van der Waals surface area contributed by atoms with Crippen molar-refractivity contribution in [3.8, 4) is 40.2 Å². The summed E-state index contributed by atoms with van der Waals surface area (Å²) in [5.41, 5.74) is 10.9. The molecule has 0 bridgehead atoms. The van der Waals surface area contributed by atoms with Crippen molar-refractivity contribution < 1.29 is 42.7 Å². The Bertz CT molecular complexity index is 2020. The molecule has 0 spiro atoms. The highest BCUT2D eigenvalue weighted by atomic mass is 16.5. The number of ketones is 2. The highest BCUT2D eigenvalue weighted by molar-refractivity contribution is 6.03. The van der Waals surface area contributed by atoms with Crippen LogP contribution in [-0.2, 0) is 0 Å². The molecule has 300 valence electrons. The lowest BCUT2D eigenvalue weighted by molar-refractivity contribution is 0.0943. The first kappa shape index (κ1) is 41.6. The lowest BCUT2D eigenvalue weighted by Gasteiger charge is -2.14. The highest BCUT2D eigenvalue weighted by Crippen LogP contribution is 2.67. The fourth-order valence-electron chi connectivity index (χ4n) is 8.23. The van der Waals surface area contributed by atoms with Gasteiger partial charge >= 0.3 is 0 Å². The predicted molar refractivity (Wildman–Crippen MR) is 219 cm³/mol. The van der Waals surface area contributed by atoms with Crippen LogP contribution in [-0.4, -0.2) is 75.4 Å². The number of rotatable bonds is 14. The zero-order valence-electron chi connectivity index (χ0n) is 34.9. The molecule has 4 atom stereocenters. The van der Waals surface area contributed by atoms with Crippen molar-refractivity contribution in [2.45, 2.75) is 39.5 Å². The average Bonchev–Trinajstić information content (AvgIpc) is 4.00. The Morgan fingerprint density at radius 2 is 0.875 bits per heavy atom. The van der Waals surface area contributed by atoms with E-state index >= 15 is 0 Å². The number of hydrogen-bond donors (Lipinski definition) is 1. The quantitative estimate of drug-likeness (QED) is 0.0983. The number of ether oxygens (including phenoxy) is 7. The van der Waals surface area contributed by atoms with Gasteiger partial charge in [-0.1, -0.05) is 45.9 Å². The van der Waals surface area contributed by atoms with Gasteiger partial charge in [0.25, 0.3) is 0 Å². The molecule has 0 aromatic heterocycles. The third-order valence-electron chi connectivity index (χ3n) is 11.5. The number of benzene rings is 4. The van der Waals surface area contributed by atoms with Gasteiger partial charge in [-0.05, 0) is 70.5 Å². The summed E-state index contributed by atoms with van der Waals surface area (Å²) in [6, 6.07) is 21.1. The van der Waals surface area contributed by atoms with E-state index in [-0.39, 0.29) is 46.1 Å². The Labute approximate surface area is 330 Å². The molecule has 2 saturated carbocycles. The molecule has 2 aliphatic rings. The molecule has 4 aromatic carbocycles. The zero-order valence-corrected chi connectivity index (χ0v) is 34.9. The maximum Gasteiger partial charge on any atom is 0.203 e. The molecular weight excluding hydrogens is 713 g/mol. The lowest BCUT2D eigenvalue weighted by Crippen LogP contribution is -2.08. The molecule has 0 radical (unpaired) electrons. The van der Waals surface area contributed by atoms with Crippen molar-refractivity contribution in [3.63, 3.8) is 0 Å². The van der Waals surface area contributed by atoms with Gasteiger partial charge < -0.3 is 43.8 Å². The number of methoxy groups -OCH3 is 7. The summed E-state index contributed by atoms with van der Waals surface area (Å²) < 4.78 is 37.5. The first-order valence-electron chi connectivity index (χ1n) is 18.4. The number of nitrogens with two attached hydrogens (primary N) is 1. The van der Waals surface area contributed by atoms with E-state index in [0.29, 0.717) is 57.1 Å². The van der Waals surface area contributed by atoms with Crippen LogP contribution in [0.3, 0.4) is 0 Å². The largest absolute Gasteiger partial charge is 0.495 e. The number of carbonyl (C=O) groups excluding carboxylic acids is 2. The fourth-order valence-corrected chi connectivity index (χ4v) is 8.23. The van der Waals surface area contributed by atoms with E-state index in [2.05, 4.69) is 56.9 Å². The number of hydrogen-bond acceptors (Lipinski definition) is 11. The Kier molecular flexibility index (Phi) is 12.1. The molecule has 0 heterocycles. The van der Waals surface area contributed by atoms with Gasteiger partial charge in [0, 0.05) is 54.6 Å². The predicted octanol–water partition coefficient (Wildman–Crippen LogP) is 8.33. The number of carbonyl (C=O) groups is 2. The minimum Gasteiger partial charge on any atom is -0.495 e. The van der Waals surface area contributed by atoms with Gasteiger partial charge in [0.2, 0.25) is 11.5 Å². The summed E-state index contributed by atoms with van der Waals surface area (Å²) in [4.78, 5) is 28.8. The molecule has 0 amide bonds. The molecule has 6 rings (SSSR count). The number of nitrogen functional groups attached to an aromatic ring is 1. The van der Waals surface area contributed by atoms with E-state index in [4.69, 9.17) is 38.9 Å². The maximum absolute atomic E-state index is 13.4. The van der Waals surface area contributed by atoms with Gasteiger partial charge in [-0.25, -0.2) is 0 Å². The van der Waals surface area contributed by atoms with Crippen molar-refractivity contribution in [1.29, 1.82) is 0 Å². The summed E-state index contributed by atoms with van der Waals surface area (Å²) in [6.07, 6.45) is 0. The molecule has 11 heteroatoms. The molecule has 0 saturated heterocycles. The Hall–Kier alpha value is -5.58. The average molecular weight is 769 g/mol. The van der Waals surface area contributed by atoms with Crippen LogP contribution >= 0.6 is 0 Å². The first-order chi connectivity index (χ1) is 26.5. The van der Waals surface area contributed by atoms with Gasteiger partial charge in [-0.3, -0.25) is 9.59 Å². The molecule has 11 nitrogen and oxygen atoms in total. The Morgan fingerprint density at radius 1 is 0.518 bits per heavy atom. The minimum absolute atomic E-state index is 0.0450. The van der Waals surface area contributed by atoms with Crippen molar-refractivity contribution in [3.05, 3.63) is 89.0 Å². The van der Waals surface area contributed by atoms with Gasteiger partial charge in [0.1, 0.15) is 5.75 Å². The van der Waals surface area contributed by atoms with Crippen molar-refractivity contribution in [2.75, 3.05) is 74.5 Å². The molecule has 4 aromatic rings. The summed E-state index contributed by atoms with van der Waals surface area (Å²) in [7, 11) is 14.9. The first-order valence-corrected chi connectivity index (χ1v) is 18.4. The van der Waals surface area contributed by atoms with Crippen LogP contribution in [0.5, 0.6) is 40.2 Å². The normalized spacial score (nSPS) is 19.7. The molecule has 4 unspecified atom stereocenters. The zero-order chi connectivity index (χ0) is 41.3. The topological polar surface area (TPSA) is 128 Å². The van der Waals surface area contributed by atoms with E-state index in [1.807, 2.05) is 32.3 Å². The van der Waals surface area contributed by atoms with E-state index in [9.17, 15) is 9.59 Å². The van der Waals surface area contributed by atoms with Gasteiger partial charge in [-0.2, -0.15) is 0 Å². The second-order valence-electron chi connectivity index (χ2n) is 15.6. The number of nitrogens with zero attached hydrogens (tertiary/aromatic N) is 1. The molecule has 56 heavy (non-hydrogen) atoms. The van der Waals surface area contributed by atoms with Gasteiger partial charge in [0.15, 0.2) is 34.6 Å². The van der Waals surface area contributed by atoms with Crippen molar-refractivity contribution in [2.24, 2.45) is 22.7 Å².